The first-order valence-electron chi connectivity index (χ1n) is 9.99. The Balaban J connectivity index is 1.45. The van der Waals surface area contributed by atoms with Gasteiger partial charge in [-0.05, 0) is 55.8 Å². The Labute approximate surface area is 152 Å². The molecule has 0 spiro atoms. The molecule has 138 valence electrons. The number of piperidine rings is 1. The Morgan fingerprint density at radius 2 is 1.84 bits per heavy atom. The number of fused-ring (bicyclic) bond motifs is 2. The van der Waals surface area contributed by atoms with Gasteiger partial charge in [-0.3, -0.25) is 9.69 Å². The summed E-state index contributed by atoms with van der Waals surface area (Å²) in [5.74, 6) is 0.771. The summed E-state index contributed by atoms with van der Waals surface area (Å²) < 4.78 is 0. The second-order valence-corrected chi connectivity index (χ2v) is 7.74. The van der Waals surface area contributed by atoms with Gasteiger partial charge in [-0.25, -0.2) is 0 Å². The van der Waals surface area contributed by atoms with E-state index in [2.05, 4.69) is 53.6 Å². The lowest BCUT2D eigenvalue weighted by atomic mass is 9.89. The van der Waals surface area contributed by atoms with Crippen molar-refractivity contribution in [1.29, 1.82) is 0 Å². The summed E-state index contributed by atoms with van der Waals surface area (Å²) >= 11 is 0. The molecular formula is C21H33N3O. The Kier molecular flexibility index (Phi) is 6.49. The molecule has 2 fully saturated rings. The molecule has 2 N–H and O–H groups in total. The summed E-state index contributed by atoms with van der Waals surface area (Å²) in [7, 11) is 0. The number of benzene rings is 1. The van der Waals surface area contributed by atoms with E-state index in [1.54, 1.807) is 0 Å². The maximum absolute atomic E-state index is 12.3. The van der Waals surface area contributed by atoms with Gasteiger partial charge in [0.05, 0.1) is 0 Å². The summed E-state index contributed by atoms with van der Waals surface area (Å²) in [6, 6.07) is 9.93. The van der Waals surface area contributed by atoms with Gasteiger partial charge in [-0.1, -0.05) is 38.1 Å². The Hall–Kier alpha value is -1.39. The maximum Gasteiger partial charge on any atom is 0.220 e. The van der Waals surface area contributed by atoms with Crippen molar-refractivity contribution in [1.82, 2.24) is 15.5 Å². The van der Waals surface area contributed by atoms with E-state index in [0.717, 1.165) is 19.6 Å². The molecule has 25 heavy (non-hydrogen) atoms. The van der Waals surface area contributed by atoms with Gasteiger partial charge in [0.25, 0.3) is 0 Å². The molecule has 1 aromatic carbocycles. The van der Waals surface area contributed by atoms with Crippen LogP contribution in [0.3, 0.4) is 0 Å². The topological polar surface area (TPSA) is 44.4 Å². The van der Waals surface area contributed by atoms with E-state index >= 15 is 0 Å². The Bertz CT molecular complexity index is 558. The molecule has 2 heterocycles. The van der Waals surface area contributed by atoms with Crippen LogP contribution in [-0.2, 0) is 17.9 Å². The lowest BCUT2D eigenvalue weighted by Crippen LogP contribution is -2.39. The molecular weight excluding hydrogens is 310 g/mol. The van der Waals surface area contributed by atoms with Gasteiger partial charge >= 0.3 is 0 Å². The number of hydrogen-bond donors (Lipinski definition) is 2. The molecule has 3 rings (SSSR count). The van der Waals surface area contributed by atoms with E-state index in [4.69, 9.17) is 0 Å². The third kappa shape index (κ3) is 5.29. The van der Waals surface area contributed by atoms with Crippen LogP contribution in [0, 0.1) is 5.92 Å². The van der Waals surface area contributed by atoms with Crippen LogP contribution in [0.1, 0.15) is 57.1 Å². The number of carbonyl (C=O) groups excluding carboxylic acids is 1. The van der Waals surface area contributed by atoms with Gasteiger partial charge in [0.1, 0.15) is 0 Å². The average molecular weight is 344 g/mol. The molecule has 4 nitrogen and oxygen atoms in total. The van der Waals surface area contributed by atoms with Crippen molar-refractivity contribution in [3.8, 4) is 0 Å². The molecule has 2 atom stereocenters. The van der Waals surface area contributed by atoms with Crippen LogP contribution in [0.5, 0.6) is 0 Å². The van der Waals surface area contributed by atoms with Gasteiger partial charge in [-0.15, -0.1) is 0 Å². The van der Waals surface area contributed by atoms with Crippen LogP contribution in [0.4, 0.5) is 0 Å². The quantitative estimate of drug-likeness (QED) is 0.762. The molecule has 2 aliphatic rings. The number of nitrogens with one attached hydrogen (secondary N) is 2. The van der Waals surface area contributed by atoms with Crippen LogP contribution in [0.15, 0.2) is 24.3 Å². The third-order valence-corrected chi connectivity index (χ3v) is 5.83. The zero-order chi connectivity index (χ0) is 17.6. The molecule has 0 aromatic heterocycles. The van der Waals surface area contributed by atoms with E-state index in [0.29, 0.717) is 31.0 Å². The van der Waals surface area contributed by atoms with Crippen LogP contribution >= 0.6 is 0 Å². The second kappa shape index (κ2) is 8.81. The van der Waals surface area contributed by atoms with Crippen LogP contribution in [0.2, 0.25) is 0 Å². The van der Waals surface area contributed by atoms with Gasteiger partial charge < -0.3 is 10.6 Å². The SMILES string of the molecule is CCN(CC)Cc1cccc(CNC(=O)CC2CC3CCC(C2)N3)c1. The van der Waals surface area contributed by atoms with E-state index in [9.17, 15) is 4.79 Å². The zero-order valence-corrected chi connectivity index (χ0v) is 15.8. The van der Waals surface area contributed by atoms with E-state index in [1.165, 1.54) is 36.8 Å². The third-order valence-electron chi connectivity index (χ3n) is 5.83. The fraction of sp³-hybridized carbons (Fsp3) is 0.667. The minimum Gasteiger partial charge on any atom is -0.352 e. The monoisotopic (exact) mass is 343 g/mol. The smallest absolute Gasteiger partial charge is 0.220 e. The first kappa shape index (κ1) is 18.4. The molecule has 2 saturated heterocycles. The standard InChI is InChI=1S/C21H33N3O/c1-3-24(4-2)15-17-7-5-6-16(10-17)14-22-21(25)13-18-11-19-8-9-20(12-18)23-19/h5-7,10,18-20,23H,3-4,8-9,11-15H2,1-2H3,(H,22,25). The first-order chi connectivity index (χ1) is 12.2. The van der Waals surface area contributed by atoms with Gasteiger partial charge in [-0.2, -0.15) is 0 Å². The molecule has 2 aliphatic heterocycles. The van der Waals surface area contributed by atoms with Crippen molar-refractivity contribution in [2.24, 2.45) is 5.92 Å². The highest BCUT2D eigenvalue weighted by Gasteiger charge is 2.34. The van der Waals surface area contributed by atoms with Crippen molar-refractivity contribution in [3.63, 3.8) is 0 Å². The molecule has 0 saturated carbocycles. The van der Waals surface area contributed by atoms with Crippen LogP contribution in [0.25, 0.3) is 0 Å². The summed E-state index contributed by atoms with van der Waals surface area (Å²) in [6.45, 7) is 8.14. The Morgan fingerprint density at radius 1 is 1.16 bits per heavy atom. The molecule has 2 bridgehead atoms. The number of amides is 1. The summed E-state index contributed by atoms with van der Waals surface area (Å²) in [5, 5.41) is 6.78. The fourth-order valence-electron chi connectivity index (χ4n) is 4.42. The summed E-state index contributed by atoms with van der Waals surface area (Å²) in [5.41, 5.74) is 2.52. The average Bonchev–Trinajstić information content (AvgIpc) is 2.96. The van der Waals surface area contributed by atoms with Crippen molar-refractivity contribution >= 4 is 5.91 Å². The van der Waals surface area contributed by atoms with E-state index in [-0.39, 0.29) is 5.91 Å². The second-order valence-electron chi connectivity index (χ2n) is 7.74. The summed E-state index contributed by atoms with van der Waals surface area (Å²) in [6.07, 6.45) is 5.62. The van der Waals surface area contributed by atoms with Crippen molar-refractivity contribution in [3.05, 3.63) is 35.4 Å². The van der Waals surface area contributed by atoms with Crippen LogP contribution < -0.4 is 10.6 Å². The molecule has 0 aliphatic carbocycles. The zero-order valence-electron chi connectivity index (χ0n) is 15.8. The Morgan fingerprint density at radius 3 is 2.52 bits per heavy atom. The molecule has 0 radical (unpaired) electrons. The predicted octanol–water partition coefficient (Wildman–Crippen LogP) is 3.07. The predicted molar refractivity (Wildman–Crippen MR) is 102 cm³/mol. The molecule has 2 unspecified atom stereocenters. The number of carbonyl (C=O) groups is 1. The lowest BCUT2D eigenvalue weighted by Gasteiger charge is -2.28. The minimum absolute atomic E-state index is 0.209. The van der Waals surface area contributed by atoms with Crippen LogP contribution in [-0.4, -0.2) is 36.0 Å². The number of rotatable bonds is 8. The van der Waals surface area contributed by atoms with Gasteiger partial charge in [0, 0.05) is 31.6 Å². The first-order valence-corrected chi connectivity index (χ1v) is 9.99. The molecule has 4 heteroatoms. The van der Waals surface area contributed by atoms with Crippen molar-refractivity contribution in [2.45, 2.75) is 71.1 Å². The lowest BCUT2D eigenvalue weighted by molar-refractivity contribution is -0.122. The highest BCUT2D eigenvalue weighted by atomic mass is 16.1. The van der Waals surface area contributed by atoms with Gasteiger partial charge in [0.15, 0.2) is 0 Å². The van der Waals surface area contributed by atoms with Crippen molar-refractivity contribution < 1.29 is 4.79 Å². The number of hydrogen-bond acceptors (Lipinski definition) is 3. The minimum atomic E-state index is 0.209. The largest absolute Gasteiger partial charge is 0.352 e. The maximum atomic E-state index is 12.3. The highest BCUT2D eigenvalue weighted by molar-refractivity contribution is 5.76. The van der Waals surface area contributed by atoms with E-state index in [1.807, 2.05) is 0 Å². The van der Waals surface area contributed by atoms with Crippen molar-refractivity contribution in [2.75, 3.05) is 13.1 Å². The number of nitrogens with zero attached hydrogens (tertiary/aromatic N) is 1. The summed E-state index contributed by atoms with van der Waals surface area (Å²) in [4.78, 5) is 14.7. The molecule has 1 amide bonds. The normalized spacial score (nSPS) is 25.3. The highest BCUT2D eigenvalue weighted by Crippen LogP contribution is 2.32. The van der Waals surface area contributed by atoms with E-state index < -0.39 is 0 Å². The molecule has 1 aromatic rings. The fourth-order valence-corrected chi connectivity index (χ4v) is 4.42. The van der Waals surface area contributed by atoms with Gasteiger partial charge in [0.2, 0.25) is 5.91 Å².